The summed E-state index contributed by atoms with van der Waals surface area (Å²) in [7, 11) is 3.07. The molecule has 0 radical (unpaired) electrons. The number of ether oxygens (including phenoxy) is 3. The standard InChI is InChI=1S/C44H33Cl2F5N2O8/c1-4-61-30-18-22(9-15-28(30)54)32-25-13-14-26-31(27(25)19-43(45)41(57)53(42(58)44(32,43)46)38-36(50)34(48)33(47)35(49)37(38)51)40(56)52(39(26)55)23-10-6-20(7-11-23)5-8-21-17-24(59-2)12-16-29(21)60-3/h5-13,15-18,26-27,31-32,54H,4,14,19H2,1-3H3. The first kappa shape index (κ1) is 41.8. The Hall–Kier alpha value is -5.93. The Balaban J connectivity index is 1.20. The van der Waals surface area contributed by atoms with Crippen molar-refractivity contribution in [1.29, 1.82) is 0 Å². The summed E-state index contributed by atoms with van der Waals surface area (Å²) in [6.07, 6.45) is 4.45. The van der Waals surface area contributed by atoms with Gasteiger partial charge < -0.3 is 19.3 Å². The van der Waals surface area contributed by atoms with E-state index in [0.717, 1.165) is 10.5 Å². The van der Waals surface area contributed by atoms with Gasteiger partial charge in [0, 0.05) is 11.5 Å². The van der Waals surface area contributed by atoms with Gasteiger partial charge in [-0.25, -0.2) is 26.9 Å². The summed E-state index contributed by atoms with van der Waals surface area (Å²) in [5.41, 5.74) is 0.110. The van der Waals surface area contributed by atoms with Crippen LogP contribution in [-0.2, 0) is 19.2 Å². The SMILES string of the molecule is CCOc1cc(C2C3=CCC4C(=O)N(c5ccc(C=Cc6cc(OC)ccc6OC)cc5)C(=O)C4C3CC3(Cl)C(=O)N(c4c(F)c(F)c(F)c(F)c4F)C(=O)C23Cl)ccc1O. The second-order valence-electron chi connectivity index (χ2n) is 14.9. The average Bonchev–Trinajstić information content (AvgIpc) is 3.59. The highest BCUT2D eigenvalue weighted by molar-refractivity contribution is 6.58. The van der Waals surface area contributed by atoms with Gasteiger partial charge in [0.25, 0.3) is 11.8 Å². The zero-order valence-electron chi connectivity index (χ0n) is 32.3. The van der Waals surface area contributed by atoms with Gasteiger partial charge >= 0.3 is 0 Å². The van der Waals surface area contributed by atoms with Gasteiger partial charge in [0.1, 0.15) is 17.2 Å². The molecule has 6 atom stereocenters. The number of amides is 4. The molecule has 4 amide bonds. The van der Waals surface area contributed by atoms with E-state index in [9.17, 15) is 37.5 Å². The second kappa shape index (κ2) is 15.2. The summed E-state index contributed by atoms with van der Waals surface area (Å²) in [5, 5.41) is 10.6. The quantitative estimate of drug-likeness (QED) is 0.0338. The molecular formula is C44H33Cl2F5N2O8. The van der Waals surface area contributed by atoms with E-state index in [2.05, 4.69) is 0 Å². The van der Waals surface area contributed by atoms with Gasteiger partial charge in [0.05, 0.1) is 38.3 Å². The number of imide groups is 2. The van der Waals surface area contributed by atoms with Crippen LogP contribution in [-0.4, -0.2) is 59.3 Å². The number of hydrogen-bond donors (Lipinski definition) is 1. The van der Waals surface area contributed by atoms with Crippen LogP contribution in [0.5, 0.6) is 23.0 Å². The highest BCUT2D eigenvalue weighted by atomic mass is 35.5. The number of halogens is 7. The smallest absolute Gasteiger partial charge is 0.258 e. The minimum atomic E-state index is -2.73. The number of benzene rings is 4. The molecule has 61 heavy (non-hydrogen) atoms. The van der Waals surface area contributed by atoms with Crippen LogP contribution in [0, 0.1) is 46.8 Å². The van der Waals surface area contributed by atoms with Gasteiger partial charge in [-0.1, -0.05) is 42.0 Å². The average molecular weight is 884 g/mol. The Labute approximate surface area is 354 Å². The Bertz CT molecular complexity index is 2600. The molecule has 6 unspecified atom stereocenters. The van der Waals surface area contributed by atoms with Gasteiger partial charge in [-0.2, -0.15) is 0 Å². The summed E-state index contributed by atoms with van der Waals surface area (Å²) >= 11 is 14.5. The Morgan fingerprint density at radius 3 is 2.08 bits per heavy atom. The molecule has 2 aliphatic heterocycles. The van der Waals surface area contributed by atoms with Gasteiger partial charge in [0.2, 0.25) is 17.6 Å². The van der Waals surface area contributed by atoms with Crippen molar-refractivity contribution < 1.29 is 60.4 Å². The highest BCUT2D eigenvalue weighted by Gasteiger charge is 2.77. The number of alkyl halides is 2. The summed E-state index contributed by atoms with van der Waals surface area (Å²) in [6, 6.07) is 15.7. The fourth-order valence-electron chi connectivity index (χ4n) is 9.07. The number of phenols is 1. The predicted octanol–water partition coefficient (Wildman–Crippen LogP) is 8.44. The molecule has 1 N–H and O–H groups in total. The van der Waals surface area contributed by atoms with Crippen molar-refractivity contribution in [1.82, 2.24) is 0 Å². The number of methoxy groups -OCH3 is 2. The molecule has 2 aliphatic carbocycles. The first-order valence-electron chi connectivity index (χ1n) is 18.9. The minimum Gasteiger partial charge on any atom is -0.504 e. The Morgan fingerprint density at radius 1 is 0.770 bits per heavy atom. The molecule has 4 aromatic carbocycles. The molecule has 4 aromatic rings. The maximum atomic E-state index is 15.4. The number of phenolic OH excluding ortho intramolecular Hbond substituents is 1. The molecular weight excluding hydrogens is 850 g/mol. The lowest BCUT2D eigenvalue weighted by atomic mass is 9.56. The largest absolute Gasteiger partial charge is 0.504 e. The van der Waals surface area contributed by atoms with E-state index in [0.29, 0.717) is 17.1 Å². The maximum absolute atomic E-state index is 15.4. The normalized spacial score (nSPS) is 25.8. The van der Waals surface area contributed by atoms with Crippen LogP contribution in [0.25, 0.3) is 12.2 Å². The Kier molecular flexibility index (Phi) is 10.4. The number of carbonyl (C=O) groups excluding carboxylic acids is 4. The Morgan fingerprint density at radius 2 is 1.44 bits per heavy atom. The number of nitrogens with zero attached hydrogens (tertiary/aromatic N) is 2. The van der Waals surface area contributed by atoms with Crippen molar-refractivity contribution in [2.75, 3.05) is 30.6 Å². The van der Waals surface area contributed by atoms with E-state index in [1.807, 2.05) is 0 Å². The lowest BCUT2D eigenvalue weighted by molar-refractivity contribution is -0.125. The zero-order chi connectivity index (χ0) is 43.9. The molecule has 4 aliphatic rings. The fourth-order valence-corrected chi connectivity index (χ4v) is 10.0. The fraction of sp³-hybridized carbons (Fsp3) is 0.273. The maximum Gasteiger partial charge on any atom is 0.258 e. The van der Waals surface area contributed by atoms with Crippen LogP contribution < -0.4 is 24.0 Å². The van der Waals surface area contributed by atoms with Crippen LogP contribution in [0.1, 0.15) is 42.4 Å². The van der Waals surface area contributed by atoms with E-state index < -0.39 is 98.2 Å². The third kappa shape index (κ3) is 6.10. The van der Waals surface area contributed by atoms with Gasteiger partial charge in [-0.15, -0.1) is 23.2 Å². The molecule has 2 saturated heterocycles. The number of aromatic hydroxyl groups is 1. The van der Waals surface area contributed by atoms with Crippen LogP contribution in [0.3, 0.4) is 0 Å². The molecule has 17 heteroatoms. The number of rotatable bonds is 9. The summed E-state index contributed by atoms with van der Waals surface area (Å²) in [5.74, 6) is -20.9. The lowest BCUT2D eigenvalue weighted by Gasteiger charge is -2.50. The van der Waals surface area contributed by atoms with Gasteiger partial charge in [-0.3, -0.25) is 24.1 Å². The summed E-state index contributed by atoms with van der Waals surface area (Å²) < 4.78 is 90.5. The summed E-state index contributed by atoms with van der Waals surface area (Å²) in [6.45, 7) is 1.69. The first-order valence-corrected chi connectivity index (χ1v) is 19.6. The molecule has 3 fully saturated rings. The molecule has 2 heterocycles. The van der Waals surface area contributed by atoms with Crippen molar-refractivity contribution in [3.8, 4) is 23.0 Å². The van der Waals surface area contributed by atoms with Crippen LogP contribution in [0.2, 0.25) is 0 Å². The van der Waals surface area contributed by atoms with Crippen LogP contribution in [0.4, 0.5) is 33.3 Å². The zero-order valence-corrected chi connectivity index (χ0v) is 33.8. The highest BCUT2D eigenvalue weighted by Crippen LogP contribution is 2.66. The third-order valence-electron chi connectivity index (χ3n) is 11.9. The second-order valence-corrected chi connectivity index (χ2v) is 16.1. The molecule has 0 bridgehead atoms. The molecule has 0 spiro atoms. The molecule has 8 rings (SSSR count). The van der Waals surface area contributed by atoms with E-state index in [1.165, 1.54) is 32.4 Å². The molecule has 0 aromatic heterocycles. The number of allylic oxidation sites excluding steroid dienone is 2. The number of hydrogen-bond acceptors (Lipinski definition) is 8. The minimum absolute atomic E-state index is 0.0561. The summed E-state index contributed by atoms with van der Waals surface area (Å²) in [4.78, 5) is 53.2. The van der Waals surface area contributed by atoms with Crippen molar-refractivity contribution in [2.24, 2.45) is 17.8 Å². The molecule has 10 nitrogen and oxygen atoms in total. The molecule has 1 saturated carbocycles. The van der Waals surface area contributed by atoms with Crippen molar-refractivity contribution >= 4 is 70.4 Å². The van der Waals surface area contributed by atoms with E-state index in [-0.39, 0.29) is 46.3 Å². The number of carbonyl (C=O) groups is 4. The number of fused-ring (bicyclic) bond motifs is 4. The molecule has 316 valence electrons. The monoisotopic (exact) mass is 882 g/mol. The van der Waals surface area contributed by atoms with E-state index in [1.54, 1.807) is 67.6 Å². The topological polar surface area (TPSA) is 123 Å². The van der Waals surface area contributed by atoms with Gasteiger partial charge in [-0.05, 0) is 79.3 Å². The van der Waals surface area contributed by atoms with Gasteiger partial charge in [0.15, 0.2) is 44.5 Å². The predicted molar refractivity (Wildman–Crippen MR) is 213 cm³/mol. The van der Waals surface area contributed by atoms with Crippen molar-refractivity contribution in [3.63, 3.8) is 0 Å². The lowest BCUT2D eigenvalue weighted by Crippen LogP contribution is -2.60. The van der Waals surface area contributed by atoms with Crippen LogP contribution >= 0.6 is 23.2 Å². The van der Waals surface area contributed by atoms with Crippen molar-refractivity contribution in [2.45, 2.75) is 35.4 Å². The van der Waals surface area contributed by atoms with Crippen LogP contribution in [0.15, 0.2) is 72.3 Å². The van der Waals surface area contributed by atoms with E-state index >= 15 is 8.78 Å². The third-order valence-corrected chi connectivity index (χ3v) is 13.3. The first-order chi connectivity index (χ1) is 29.0. The number of anilines is 2. The van der Waals surface area contributed by atoms with E-state index in [4.69, 9.17) is 37.4 Å². The van der Waals surface area contributed by atoms with Crippen molar-refractivity contribution in [3.05, 3.63) is 118 Å².